The van der Waals surface area contributed by atoms with E-state index in [-0.39, 0.29) is 0 Å². The SMILES string of the molecule is C[C@@H]1C[C@H](C)CN(C[C@@H](O)COc2ccc3c(c2)CCC3)C1. The number of rotatable bonds is 5. The fourth-order valence-corrected chi connectivity index (χ4v) is 4.12. The minimum Gasteiger partial charge on any atom is -0.491 e. The van der Waals surface area contributed by atoms with Crippen LogP contribution in [-0.2, 0) is 12.8 Å². The van der Waals surface area contributed by atoms with Crippen molar-refractivity contribution in [2.75, 3.05) is 26.2 Å². The highest BCUT2D eigenvalue weighted by Gasteiger charge is 2.23. The molecule has 1 N–H and O–H groups in total. The number of hydrogen-bond acceptors (Lipinski definition) is 3. The van der Waals surface area contributed by atoms with Crippen LogP contribution >= 0.6 is 0 Å². The molecular formula is C19H29NO2. The van der Waals surface area contributed by atoms with Gasteiger partial charge in [0.2, 0.25) is 0 Å². The van der Waals surface area contributed by atoms with Crippen molar-refractivity contribution in [2.24, 2.45) is 11.8 Å². The second-order valence-electron chi connectivity index (χ2n) is 7.41. The van der Waals surface area contributed by atoms with E-state index in [9.17, 15) is 5.11 Å². The van der Waals surface area contributed by atoms with Crippen LogP contribution in [0.2, 0.25) is 0 Å². The van der Waals surface area contributed by atoms with Gasteiger partial charge in [-0.3, -0.25) is 0 Å². The number of β-amino-alcohol motifs (C(OH)–C–C–N with tert-alkyl or cyclic N) is 1. The molecule has 1 aromatic rings. The maximum absolute atomic E-state index is 10.3. The molecule has 0 unspecified atom stereocenters. The summed E-state index contributed by atoms with van der Waals surface area (Å²) in [5.74, 6) is 2.36. The Morgan fingerprint density at radius 3 is 2.68 bits per heavy atom. The zero-order valence-corrected chi connectivity index (χ0v) is 13.9. The number of benzene rings is 1. The van der Waals surface area contributed by atoms with Crippen LogP contribution in [0.25, 0.3) is 0 Å². The summed E-state index contributed by atoms with van der Waals surface area (Å²) in [4.78, 5) is 2.38. The molecule has 1 aliphatic carbocycles. The van der Waals surface area contributed by atoms with Crippen LogP contribution < -0.4 is 4.74 Å². The highest BCUT2D eigenvalue weighted by atomic mass is 16.5. The Balaban J connectivity index is 1.47. The van der Waals surface area contributed by atoms with Gasteiger partial charge < -0.3 is 14.7 Å². The van der Waals surface area contributed by atoms with Gasteiger partial charge in [-0.1, -0.05) is 19.9 Å². The number of aliphatic hydroxyl groups is 1. The Hall–Kier alpha value is -1.06. The molecule has 1 saturated heterocycles. The van der Waals surface area contributed by atoms with Crippen molar-refractivity contribution < 1.29 is 9.84 Å². The van der Waals surface area contributed by atoms with Crippen molar-refractivity contribution in [3.05, 3.63) is 29.3 Å². The molecule has 0 aromatic heterocycles. The molecule has 3 nitrogen and oxygen atoms in total. The highest BCUT2D eigenvalue weighted by Crippen LogP contribution is 2.26. The third-order valence-corrected chi connectivity index (χ3v) is 4.93. The molecule has 3 heteroatoms. The van der Waals surface area contributed by atoms with Crippen LogP contribution in [0.3, 0.4) is 0 Å². The lowest BCUT2D eigenvalue weighted by molar-refractivity contribution is 0.0429. The maximum Gasteiger partial charge on any atom is 0.119 e. The average molecular weight is 303 g/mol. The van der Waals surface area contributed by atoms with Gasteiger partial charge in [-0.15, -0.1) is 0 Å². The van der Waals surface area contributed by atoms with Crippen LogP contribution in [0, 0.1) is 11.8 Å². The molecule has 1 aliphatic heterocycles. The zero-order valence-electron chi connectivity index (χ0n) is 13.9. The number of piperidine rings is 1. The molecule has 1 aromatic carbocycles. The summed E-state index contributed by atoms with van der Waals surface area (Å²) < 4.78 is 5.81. The van der Waals surface area contributed by atoms with Crippen LogP contribution in [0.5, 0.6) is 5.75 Å². The van der Waals surface area contributed by atoms with Crippen LogP contribution in [0.1, 0.15) is 37.8 Å². The molecule has 1 heterocycles. The molecule has 3 rings (SSSR count). The summed E-state index contributed by atoms with van der Waals surface area (Å²) in [7, 11) is 0. The molecule has 122 valence electrons. The fourth-order valence-electron chi connectivity index (χ4n) is 4.12. The predicted molar refractivity (Wildman–Crippen MR) is 89.4 cm³/mol. The first-order chi connectivity index (χ1) is 10.6. The predicted octanol–water partition coefficient (Wildman–Crippen LogP) is 2.89. The van der Waals surface area contributed by atoms with E-state index < -0.39 is 6.10 Å². The first kappa shape index (κ1) is 15.8. The first-order valence-corrected chi connectivity index (χ1v) is 8.75. The van der Waals surface area contributed by atoms with Crippen LogP contribution in [-0.4, -0.2) is 42.4 Å². The van der Waals surface area contributed by atoms with E-state index in [4.69, 9.17) is 4.74 Å². The van der Waals surface area contributed by atoms with Gasteiger partial charge in [0.1, 0.15) is 18.5 Å². The van der Waals surface area contributed by atoms with Crippen molar-refractivity contribution in [3.63, 3.8) is 0 Å². The largest absolute Gasteiger partial charge is 0.491 e. The summed E-state index contributed by atoms with van der Waals surface area (Å²) >= 11 is 0. The van der Waals surface area contributed by atoms with Gasteiger partial charge >= 0.3 is 0 Å². The molecule has 3 atom stereocenters. The third-order valence-electron chi connectivity index (χ3n) is 4.93. The van der Waals surface area contributed by atoms with Gasteiger partial charge in [-0.2, -0.15) is 0 Å². The lowest BCUT2D eigenvalue weighted by Gasteiger charge is -2.35. The van der Waals surface area contributed by atoms with Gasteiger partial charge in [0, 0.05) is 19.6 Å². The quantitative estimate of drug-likeness (QED) is 0.908. The normalized spacial score (nSPS) is 26.7. The van der Waals surface area contributed by atoms with Crippen molar-refractivity contribution in [1.29, 1.82) is 0 Å². The van der Waals surface area contributed by atoms with Crippen molar-refractivity contribution in [3.8, 4) is 5.75 Å². The monoisotopic (exact) mass is 303 g/mol. The molecule has 1 fully saturated rings. The van der Waals surface area contributed by atoms with E-state index in [0.717, 1.165) is 37.2 Å². The molecule has 22 heavy (non-hydrogen) atoms. The van der Waals surface area contributed by atoms with Crippen LogP contribution in [0.4, 0.5) is 0 Å². The van der Waals surface area contributed by atoms with Crippen molar-refractivity contribution >= 4 is 0 Å². The van der Waals surface area contributed by atoms with Gasteiger partial charge in [0.15, 0.2) is 0 Å². The smallest absolute Gasteiger partial charge is 0.119 e. The third kappa shape index (κ3) is 4.02. The Labute approximate surface area is 134 Å². The Morgan fingerprint density at radius 2 is 1.91 bits per heavy atom. The van der Waals surface area contributed by atoms with E-state index in [1.165, 1.54) is 36.8 Å². The van der Waals surface area contributed by atoms with Gasteiger partial charge in [0.25, 0.3) is 0 Å². The Kier molecular flexibility index (Phi) is 5.04. The number of likely N-dealkylation sites (tertiary alicyclic amines) is 1. The summed E-state index contributed by atoms with van der Waals surface area (Å²) in [5, 5.41) is 10.3. The second kappa shape index (κ2) is 7.01. The minimum absolute atomic E-state index is 0.387. The standard InChI is InChI=1S/C19H29NO2/c1-14-8-15(2)11-20(10-14)12-18(21)13-22-19-7-6-16-4-3-5-17(16)9-19/h6-7,9,14-15,18,21H,3-5,8,10-13H2,1-2H3/t14-,15+,18-/m1/s1. The number of hydrogen-bond donors (Lipinski definition) is 1. The molecular weight excluding hydrogens is 274 g/mol. The molecule has 0 radical (unpaired) electrons. The lowest BCUT2D eigenvalue weighted by atomic mass is 9.92. The number of aryl methyl sites for hydroxylation is 2. The minimum atomic E-state index is -0.411. The van der Waals surface area contributed by atoms with Gasteiger partial charge in [-0.05, 0) is 60.8 Å². The van der Waals surface area contributed by atoms with Crippen molar-refractivity contribution in [1.82, 2.24) is 4.90 Å². The topological polar surface area (TPSA) is 32.7 Å². The molecule has 0 spiro atoms. The number of fused-ring (bicyclic) bond motifs is 1. The summed E-state index contributed by atoms with van der Waals surface area (Å²) in [5.41, 5.74) is 2.88. The van der Waals surface area contributed by atoms with E-state index in [2.05, 4.69) is 30.9 Å². The maximum atomic E-state index is 10.3. The second-order valence-corrected chi connectivity index (χ2v) is 7.41. The van der Waals surface area contributed by atoms with Crippen molar-refractivity contribution in [2.45, 2.75) is 45.6 Å². The Morgan fingerprint density at radius 1 is 1.18 bits per heavy atom. The Bertz CT molecular complexity index is 492. The summed E-state index contributed by atoms with van der Waals surface area (Å²) in [6, 6.07) is 6.38. The summed E-state index contributed by atoms with van der Waals surface area (Å²) in [6.07, 6.45) is 4.51. The van der Waals surface area contributed by atoms with E-state index in [1.54, 1.807) is 0 Å². The first-order valence-electron chi connectivity index (χ1n) is 8.75. The van der Waals surface area contributed by atoms with E-state index in [0.29, 0.717) is 6.61 Å². The highest BCUT2D eigenvalue weighted by molar-refractivity contribution is 5.38. The lowest BCUT2D eigenvalue weighted by Crippen LogP contribution is -2.44. The van der Waals surface area contributed by atoms with Crippen LogP contribution in [0.15, 0.2) is 18.2 Å². The summed E-state index contributed by atoms with van der Waals surface area (Å²) in [6.45, 7) is 7.91. The van der Waals surface area contributed by atoms with Gasteiger partial charge in [0.05, 0.1) is 0 Å². The fraction of sp³-hybridized carbons (Fsp3) is 0.684. The molecule has 0 amide bonds. The molecule has 2 aliphatic rings. The van der Waals surface area contributed by atoms with E-state index in [1.807, 2.05) is 6.07 Å². The average Bonchev–Trinajstić information content (AvgIpc) is 2.91. The molecule has 0 bridgehead atoms. The number of ether oxygens (including phenoxy) is 1. The van der Waals surface area contributed by atoms with Gasteiger partial charge in [-0.25, -0.2) is 0 Å². The molecule has 0 saturated carbocycles. The number of aliphatic hydroxyl groups excluding tert-OH is 1. The number of nitrogens with zero attached hydrogens (tertiary/aromatic N) is 1. The zero-order chi connectivity index (χ0) is 15.5. The van der Waals surface area contributed by atoms with E-state index >= 15 is 0 Å².